The quantitative estimate of drug-likeness (QED) is 0.522. The number of hydrogen-bond donors (Lipinski definition) is 0. The summed E-state index contributed by atoms with van der Waals surface area (Å²) in [5, 5.41) is 2.21. The third kappa shape index (κ3) is 2.72. The highest BCUT2D eigenvalue weighted by Gasteiger charge is 2.18. The summed E-state index contributed by atoms with van der Waals surface area (Å²) in [5.41, 5.74) is 1.99. The van der Waals surface area contributed by atoms with E-state index in [1.54, 1.807) is 18.3 Å². The molecule has 0 spiro atoms. The summed E-state index contributed by atoms with van der Waals surface area (Å²) < 4.78 is 0. The van der Waals surface area contributed by atoms with Gasteiger partial charge in [-0.15, -0.1) is 0 Å². The van der Waals surface area contributed by atoms with Crippen molar-refractivity contribution in [2.75, 3.05) is 7.11 Å². The predicted octanol–water partition coefficient (Wildman–Crippen LogP) is 4.56. The van der Waals surface area contributed by atoms with Crippen LogP contribution in [0.3, 0.4) is 0 Å². The molecule has 0 radical (unpaired) electrons. The lowest BCUT2D eigenvalue weighted by Gasteiger charge is -2.01. The SMILES string of the molecule is CO[N+](=O)c1ccccc1C=Nc1cccc2ccccc12. The fourth-order valence-corrected chi connectivity index (χ4v) is 2.32. The second-order valence-corrected chi connectivity index (χ2v) is 4.75. The van der Waals surface area contributed by atoms with E-state index in [4.69, 9.17) is 4.84 Å². The van der Waals surface area contributed by atoms with E-state index in [-0.39, 0.29) is 0 Å². The lowest BCUT2D eigenvalue weighted by molar-refractivity contribution is -0.736. The van der Waals surface area contributed by atoms with Gasteiger partial charge in [0.05, 0.1) is 16.2 Å². The minimum Gasteiger partial charge on any atom is -0.255 e. The lowest BCUT2D eigenvalue weighted by atomic mass is 10.1. The average Bonchev–Trinajstić information content (AvgIpc) is 2.59. The molecule has 0 bridgehead atoms. The second-order valence-electron chi connectivity index (χ2n) is 4.75. The Morgan fingerprint density at radius 3 is 2.55 bits per heavy atom. The van der Waals surface area contributed by atoms with Gasteiger partial charge in [-0.1, -0.05) is 48.5 Å². The van der Waals surface area contributed by atoms with Crippen molar-refractivity contribution in [3.8, 4) is 0 Å². The van der Waals surface area contributed by atoms with Gasteiger partial charge < -0.3 is 0 Å². The van der Waals surface area contributed by atoms with E-state index >= 15 is 0 Å². The predicted molar refractivity (Wildman–Crippen MR) is 87.9 cm³/mol. The van der Waals surface area contributed by atoms with Gasteiger partial charge in [-0.05, 0) is 17.5 Å². The Bertz CT molecular complexity index is 851. The average molecular weight is 291 g/mol. The van der Waals surface area contributed by atoms with Gasteiger partial charge in [0.25, 0.3) is 4.92 Å². The number of rotatable bonds is 4. The zero-order chi connectivity index (χ0) is 15.4. The molecule has 0 aliphatic carbocycles. The first kappa shape index (κ1) is 13.9. The van der Waals surface area contributed by atoms with Gasteiger partial charge in [0, 0.05) is 17.7 Å². The van der Waals surface area contributed by atoms with Crippen LogP contribution in [0.4, 0.5) is 11.4 Å². The van der Waals surface area contributed by atoms with Gasteiger partial charge in [0.15, 0.2) is 7.11 Å². The number of nitrogens with zero attached hydrogens (tertiary/aromatic N) is 2. The molecule has 0 atom stereocenters. The standard InChI is InChI=1S/C18H15N2O2/c1-22-20(21)18-12-5-3-8-15(18)13-19-17-11-6-9-14-7-2-4-10-16(14)17/h2-13H,1H3/q+1. The van der Waals surface area contributed by atoms with Crippen LogP contribution in [0.1, 0.15) is 5.56 Å². The molecule has 4 nitrogen and oxygen atoms in total. The molecular weight excluding hydrogens is 276 g/mol. The molecule has 0 unspecified atom stereocenters. The zero-order valence-corrected chi connectivity index (χ0v) is 12.1. The van der Waals surface area contributed by atoms with Crippen LogP contribution in [0.2, 0.25) is 0 Å². The fraction of sp³-hybridized carbons (Fsp3) is 0.0556. The summed E-state index contributed by atoms with van der Waals surface area (Å²) >= 11 is 0. The Morgan fingerprint density at radius 2 is 1.68 bits per heavy atom. The van der Waals surface area contributed by atoms with E-state index in [1.807, 2.05) is 54.6 Å². The first-order chi connectivity index (χ1) is 10.8. The van der Waals surface area contributed by atoms with E-state index in [0.717, 1.165) is 16.5 Å². The highest BCUT2D eigenvalue weighted by atomic mass is 16.8. The van der Waals surface area contributed by atoms with Gasteiger partial charge in [-0.25, -0.2) is 4.84 Å². The van der Waals surface area contributed by atoms with Gasteiger partial charge in [0.2, 0.25) is 0 Å². The molecule has 0 saturated heterocycles. The Labute approximate surface area is 128 Å². The van der Waals surface area contributed by atoms with E-state index in [9.17, 15) is 4.91 Å². The maximum Gasteiger partial charge on any atom is 0.325 e. The minimum absolute atomic E-state index is 0.425. The number of hydrogen-bond acceptors (Lipinski definition) is 3. The molecular formula is C18H15N2O2+. The van der Waals surface area contributed by atoms with Crippen LogP contribution >= 0.6 is 0 Å². The summed E-state index contributed by atoms with van der Waals surface area (Å²) in [4.78, 5) is 21.4. The van der Waals surface area contributed by atoms with E-state index in [1.165, 1.54) is 7.11 Å². The molecule has 0 saturated carbocycles. The van der Waals surface area contributed by atoms with Gasteiger partial charge >= 0.3 is 5.69 Å². The van der Waals surface area contributed by atoms with Crippen molar-refractivity contribution < 1.29 is 9.76 Å². The summed E-state index contributed by atoms with van der Waals surface area (Å²) in [6, 6.07) is 21.2. The number of benzene rings is 3. The summed E-state index contributed by atoms with van der Waals surface area (Å²) in [7, 11) is 1.34. The van der Waals surface area contributed by atoms with Crippen molar-refractivity contribution in [3.63, 3.8) is 0 Å². The van der Waals surface area contributed by atoms with Crippen molar-refractivity contribution in [2.24, 2.45) is 4.99 Å². The topological polar surface area (TPSA) is 41.7 Å². The minimum atomic E-state index is 0.425. The van der Waals surface area contributed by atoms with Gasteiger partial charge in [-0.2, -0.15) is 0 Å². The molecule has 3 rings (SSSR count). The molecule has 0 heterocycles. The van der Waals surface area contributed by atoms with Gasteiger partial charge in [-0.3, -0.25) is 4.99 Å². The highest BCUT2D eigenvalue weighted by Crippen LogP contribution is 2.26. The third-order valence-electron chi connectivity index (χ3n) is 3.41. The van der Waals surface area contributed by atoms with Crippen molar-refractivity contribution in [2.45, 2.75) is 0 Å². The largest absolute Gasteiger partial charge is 0.325 e. The smallest absolute Gasteiger partial charge is 0.255 e. The molecule has 0 aliphatic heterocycles. The van der Waals surface area contributed by atoms with Crippen molar-refractivity contribution in [1.82, 2.24) is 0 Å². The molecule has 0 aromatic heterocycles. The Kier molecular flexibility index (Phi) is 3.92. The summed E-state index contributed by atoms with van der Waals surface area (Å²) in [6.45, 7) is 0. The maximum absolute atomic E-state index is 11.7. The van der Waals surface area contributed by atoms with Crippen LogP contribution in [-0.4, -0.2) is 18.2 Å². The summed E-state index contributed by atoms with van der Waals surface area (Å²) in [5.74, 6) is 0. The van der Waals surface area contributed by atoms with Crippen molar-refractivity contribution in [1.29, 1.82) is 0 Å². The second kappa shape index (κ2) is 6.18. The van der Waals surface area contributed by atoms with E-state index in [0.29, 0.717) is 16.2 Å². The first-order valence-electron chi connectivity index (χ1n) is 6.92. The van der Waals surface area contributed by atoms with Gasteiger partial charge in [0.1, 0.15) is 0 Å². The van der Waals surface area contributed by atoms with Crippen LogP contribution in [0.25, 0.3) is 10.8 Å². The van der Waals surface area contributed by atoms with Crippen LogP contribution in [0, 0.1) is 4.91 Å². The fourth-order valence-electron chi connectivity index (χ4n) is 2.32. The van der Waals surface area contributed by atoms with E-state index < -0.39 is 0 Å². The molecule has 3 aromatic rings. The normalized spacial score (nSPS) is 11.0. The van der Waals surface area contributed by atoms with Crippen molar-refractivity contribution >= 4 is 28.4 Å². The lowest BCUT2D eigenvalue weighted by Crippen LogP contribution is -2.01. The highest BCUT2D eigenvalue weighted by molar-refractivity contribution is 5.96. The molecule has 22 heavy (non-hydrogen) atoms. The maximum atomic E-state index is 11.7. The molecule has 0 N–H and O–H groups in total. The molecule has 4 heteroatoms. The third-order valence-corrected chi connectivity index (χ3v) is 3.41. The number of aliphatic imine (C=N–C) groups is 1. The Morgan fingerprint density at radius 1 is 0.955 bits per heavy atom. The van der Waals surface area contributed by atoms with E-state index in [2.05, 4.69) is 4.99 Å². The molecule has 0 aliphatic rings. The van der Waals surface area contributed by atoms with Crippen LogP contribution < -0.4 is 0 Å². The molecule has 0 amide bonds. The molecule has 0 fully saturated rings. The monoisotopic (exact) mass is 291 g/mol. The molecule has 108 valence electrons. The Hall–Kier alpha value is -3.01. The van der Waals surface area contributed by atoms with Crippen molar-refractivity contribution in [3.05, 3.63) is 77.2 Å². The van der Waals surface area contributed by atoms with Crippen LogP contribution in [0.5, 0.6) is 0 Å². The number of para-hydroxylation sites is 1. The Balaban J connectivity index is 2.02. The van der Waals surface area contributed by atoms with Crippen LogP contribution in [-0.2, 0) is 4.84 Å². The first-order valence-corrected chi connectivity index (χ1v) is 6.92. The summed E-state index contributed by atoms with van der Waals surface area (Å²) in [6.07, 6.45) is 1.68. The number of fused-ring (bicyclic) bond motifs is 1. The zero-order valence-electron chi connectivity index (χ0n) is 12.1. The molecule has 3 aromatic carbocycles. The van der Waals surface area contributed by atoms with Crippen LogP contribution in [0.15, 0.2) is 71.7 Å².